The minimum Gasteiger partial charge on any atom is -0.393 e. The van der Waals surface area contributed by atoms with Gasteiger partial charge in [-0.25, -0.2) is 0 Å². The van der Waals surface area contributed by atoms with Gasteiger partial charge in [-0.15, -0.1) is 0 Å². The highest BCUT2D eigenvalue weighted by molar-refractivity contribution is 7.80. The standard InChI is InChI=1S/C13H23NOS/c14-12(16)8-13(6-7-13)10-15-9-11-4-2-1-3-5-11/h11H,1-10H2,(H2,14,16). The second-order valence-corrected chi connectivity index (χ2v) is 6.19. The zero-order valence-electron chi connectivity index (χ0n) is 10.0. The second-order valence-electron chi connectivity index (χ2n) is 5.66. The Balaban J connectivity index is 1.62. The summed E-state index contributed by atoms with van der Waals surface area (Å²) in [5, 5.41) is 0. The highest BCUT2D eigenvalue weighted by Crippen LogP contribution is 2.49. The maximum atomic E-state index is 5.89. The normalized spacial score (nSPS) is 24.2. The summed E-state index contributed by atoms with van der Waals surface area (Å²) in [5.74, 6) is 0.814. The summed E-state index contributed by atoms with van der Waals surface area (Å²) >= 11 is 4.98. The number of hydrogen-bond acceptors (Lipinski definition) is 2. The average Bonchev–Trinajstić information content (AvgIpc) is 2.99. The highest BCUT2D eigenvalue weighted by Gasteiger charge is 2.43. The molecule has 0 atom stereocenters. The van der Waals surface area contributed by atoms with Crippen molar-refractivity contribution >= 4 is 17.2 Å². The van der Waals surface area contributed by atoms with Gasteiger partial charge in [0.15, 0.2) is 0 Å². The molecule has 0 aromatic carbocycles. The van der Waals surface area contributed by atoms with E-state index < -0.39 is 0 Å². The minimum atomic E-state index is 0.334. The Hall–Kier alpha value is -0.150. The van der Waals surface area contributed by atoms with Crippen LogP contribution in [0.25, 0.3) is 0 Å². The van der Waals surface area contributed by atoms with E-state index in [4.69, 9.17) is 22.7 Å². The third-order valence-electron chi connectivity index (χ3n) is 3.99. The zero-order chi connectivity index (χ0) is 11.4. The Morgan fingerprint density at radius 2 is 1.94 bits per heavy atom. The van der Waals surface area contributed by atoms with Crippen LogP contribution in [0.3, 0.4) is 0 Å². The van der Waals surface area contributed by atoms with Crippen LogP contribution in [0.1, 0.15) is 51.4 Å². The average molecular weight is 241 g/mol. The van der Waals surface area contributed by atoms with Gasteiger partial charge in [0.25, 0.3) is 0 Å². The molecule has 0 aliphatic heterocycles. The number of nitrogens with two attached hydrogens (primary N) is 1. The van der Waals surface area contributed by atoms with Crippen molar-refractivity contribution in [1.82, 2.24) is 0 Å². The summed E-state index contributed by atoms with van der Waals surface area (Å²) in [7, 11) is 0. The van der Waals surface area contributed by atoms with E-state index in [9.17, 15) is 0 Å². The maximum Gasteiger partial charge on any atom is 0.0733 e. The largest absolute Gasteiger partial charge is 0.393 e. The summed E-state index contributed by atoms with van der Waals surface area (Å²) in [6.45, 7) is 1.83. The van der Waals surface area contributed by atoms with Gasteiger partial charge in [-0.3, -0.25) is 0 Å². The zero-order valence-corrected chi connectivity index (χ0v) is 10.9. The molecule has 0 bridgehead atoms. The Morgan fingerprint density at radius 1 is 1.25 bits per heavy atom. The van der Waals surface area contributed by atoms with Crippen molar-refractivity contribution in [3.05, 3.63) is 0 Å². The van der Waals surface area contributed by atoms with Crippen molar-refractivity contribution in [3.63, 3.8) is 0 Å². The molecule has 0 heterocycles. The fourth-order valence-corrected chi connectivity index (χ4v) is 3.02. The topological polar surface area (TPSA) is 35.2 Å². The lowest BCUT2D eigenvalue weighted by Crippen LogP contribution is -2.22. The Kier molecular flexibility index (Phi) is 4.20. The molecule has 2 aliphatic rings. The molecule has 0 aromatic heterocycles. The molecule has 2 nitrogen and oxygen atoms in total. The monoisotopic (exact) mass is 241 g/mol. The van der Waals surface area contributed by atoms with Gasteiger partial charge in [0, 0.05) is 18.4 Å². The lowest BCUT2D eigenvalue weighted by Gasteiger charge is -2.23. The van der Waals surface area contributed by atoms with Crippen LogP contribution in [-0.4, -0.2) is 18.2 Å². The van der Waals surface area contributed by atoms with Crippen LogP contribution in [0, 0.1) is 11.3 Å². The van der Waals surface area contributed by atoms with E-state index in [1.807, 2.05) is 0 Å². The van der Waals surface area contributed by atoms with E-state index in [1.54, 1.807) is 0 Å². The smallest absolute Gasteiger partial charge is 0.0733 e. The molecule has 2 aliphatic carbocycles. The summed E-state index contributed by atoms with van der Waals surface area (Å²) < 4.78 is 5.89. The van der Waals surface area contributed by atoms with E-state index in [-0.39, 0.29) is 0 Å². The van der Waals surface area contributed by atoms with Gasteiger partial charge in [-0.05, 0) is 31.6 Å². The van der Waals surface area contributed by atoms with E-state index in [2.05, 4.69) is 0 Å². The van der Waals surface area contributed by atoms with Gasteiger partial charge in [0.05, 0.1) is 11.6 Å². The van der Waals surface area contributed by atoms with Crippen LogP contribution in [0.5, 0.6) is 0 Å². The van der Waals surface area contributed by atoms with Crippen molar-refractivity contribution in [2.24, 2.45) is 17.1 Å². The van der Waals surface area contributed by atoms with Crippen LogP contribution in [0.4, 0.5) is 0 Å². The maximum absolute atomic E-state index is 5.89. The Bertz CT molecular complexity index is 244. The van der Waals surface area contributed by atoms with Crippen molar-refractivity contribution < 1.29 is 4.74 Å². The molecule has 0 radical (unpaired) electrons. The summed E-state index contributed by atoms with van der Waals surface area (Å²) in [4.78, 5) is 0.652. The van der Waals surface area contributed by atoms with Crippen LogP contribution < -0.4 is 5.73 Å². The van der Waals surface area contributed by atoms with E-state index in [0.717, 1.165) is 25.6 Å². The highest BCUT2D eigenvalue weighted by atomic mass is 32.1. The number of rotatable bonds is 6. The first kappa shape index (κ1) is 12.3. The van der Waals surface area contributed by atoms with E-state index in [0.29, 0.717) is 10.4 Å². The number of ether oxygens (including phenoxy) is 1. The first-order valence-electron chi connectivity index (χ1n) is 6.56. The van der Waals surface area contributed by atoms with Gasteiger partial charge in [0.2, 0.25) is 0 Å². The van der Waals surface area contributed by atoms with Gasteiger partial charge >= 0.3 is 0 Å². The fourth-order valence-electron chi connectivity index (χ4n) is 2.71. The van der Waals surface area contributed by atoms with Gasteiger partial charge < -0.3 is 10.5 Å². The number of hydrogen-bond donors (Lipinski definition) is 1. The predicted octanol–water partition coefficient (Wildman–Crippen LogP) is 3.04. The third-order valence-corrected chi connectivity index (χ3v) is 4.14. The van der Waals surface area contributed by atoms with Crippen molar-refractivity contribution in [2.75, 3.05) is 13.2 Å². The summed E-state index contributed by atoms with van der Waals surface area (Å²) in [6.07, 6.45) is 10.3. The molecule has 2 N–H and O–H groups in total. The lowest BCUT2D eigenvalue weighted by molar-refractivity contribution is 0.0550. The van der Waals surface area contributed by atoms with Crippen molar-refractivity contribution in [2.45, 2.75) is 51.4 Å². The quantitative estimate of drug-likeness (QED) is 0.726. The molecule has 2 fully saturated rings. The summed E-state index contributed by atoms with van der Waals surface area (Å²) in [5.41, 5.74) is 5.94. The molecule has 0 saturated heterocycles. The lowest BCUT2D eigenvalue weighted by atomic mass is 9.90. The second kappa shape index (κ2) is 5.46. The van der Waals surface area contributed by atoms with Gasteiger partial charge in [-0.1, -0.05) is 31.5 Å². The molecule has 0 unspecified atom stereocenters. The van der Waals surface area contributed by atoms with Gasteiger partial charge in [-0.2, -0.15) is 0 Å². The first-order chi connectivity index (χ1) is 7.70. The molecule has 92 valence electrons. The molecule has 0 spiro atoms. The number of thiocarbonyl (C=S) groups is 1. The van der Waals surface area contributed by atoms with E-state index >= 15 is 0 Å². The molecular weight excluding hydrogens is 218 g/mol. The Morgan fingerprint density at radius 3 is 2.50 bits per heavy atom. The molecule has 3 heteroatoms. The molecule has 2 saturated carbocycles. The fraction of sp³-hybridized carbons (Fsp3) is 0.923. The third kappa shape index (κ3) is 3.70. The molecule has 16 heavy (non-hydrogen) atoms. The molecule has 0 aromatic rings. The predicted molar refractivity (Wildman–Crippen MR) is 70.5 cm³/mol. The van der Waals surface area contributed by atoms with Gasteiger partial charge in [0.1, 0.15) is 0 Å². The first-order valence-corrected chi connectivity index (χ1v) is 6.97. The van der Waals surface area contributed by atoms with Crippen LogP contribution in [0.15, 0.2) is 0 Å². The van der Waals surface area contributed by atoms with E-state index in [1.165, 1.54) is 44.9 Å². The summed E-state index contributed by atoms with van der Waals surface area (Å²) in [6, 6.07) is 0. The van der Waals surface area contributed by atoms with Crippen LogP contribution in [0.2, 0.25) is 0 Å². The molecule has 0 amide bonds. The SMILES string of the molecule is NC(=S)CC1(COCC2CCCCC2)CC1. The molecule has 2 rings (SSSR count). The van der Waals surface area contributed by atoms with Crippen molar-refractivity contribution in [3.8, 4) is 0 Å². The van der Waals surface area contributed by atoms with Crippen LogP contribution in [-0.2, 0) is 4.74 Å². The minimum absolute atomic E-state index is 0.334. The molecular formula is C13H23NOS. The van der Waals surface area contributed by atoms with Crippen LogP contribution >= 0.6 is 12.2 Å². The Labute approximate surface area is 104 Å². The van der Waals surface area contributed by atoms with Crippen molar-refractivity contribution in [1.29, 1.82) is 0 Å².